The van der Waals surface area contributed by atoms with Crippen LogP contribution in [-0.2, 0) is 0 Å². The number of fused-ring (bicyclic) bond motifs is 1. The molecule has 1 atom stereocenters. The second kappa shape index (κ2) is 4.90. The molecule has 0 spiro atoms. The summed E-state index contributed by atoms with van der Waals surface area (Å²) in [4.78, 5) is 12.6. The Kier molecular flexibility index (Phi) is 3.24. The standard InChI is InChI=1S/C14H15FN2OS/c15-10-3-4-12-9(5-10)6-13(19-12)14(18)17-7-11(16)8-1-2-8/h3-6,8,11H,1-2,7,16H2,(H,17,18). The molecule has 0 saturated heterocycles. The Labute approximate surface area is 114 Å². The highest BCUT2D eigenvalue weighted by Gasteiger charge is 2.28. The number of nitrogens with two attached hydrogens (primary N) is 1. The van der Waals surface area contributed by atoms with Crippen LogP contribution in [0.4, 0.5) is 4.39 Å². The quantitative estimate of drug-likeness (QED) is 0.903. The Balaban J connectivity index is 1.70. The molecule has 5 heteroatoms. The SMILES string of the molecule is NC(CNC(=O)c1cc2cc(F)ccc2s1)C1CC1. The molecule has 3 N–H and O–H groups in total. The Morgan fingerprint density at radius 2 is 2.26 bits per heavy atom. The van der Waals surface area contributed by atoms with Gasteiger partial charge in [0.25, 0.3) is 5.91 Å². The molecule has 1 amide bonds. The zero-order chi connectivity index (χ0) is 13.4. The maximum Gasteiger partial charge on any atom is 0.261 e. The first-order valence-corrected chi connectivity index (χ1v) is 7.18. The van der Waals surface area contributed by atoms with Gasteiger partial charge in [-0.25, -0.2) is 4.39 Å². The number of amides is 1. The van der Waals surface area contributed by atoms with Crippen molar-refractivity contribution >= 4 is 27.3 Å². The van der Waals surface area contributed by atoms with Crippen LogP contribution in [-0.4, -0.2) is 18.5 Å². The lowest BCUT2D eigenvalue weighted by molar-refractivity contribution is 0.0954. The molecule has 1 fully saturated rings. The summed E-state index contributed by atoms with van der Waals surface area (Å²) in [6.45, 7) is 0.506. The van der Waals surface area contributed by atoms with Gasteiger partial charge in [-0.05, 0) is 48.4 Å². The van der Waals surface area contributed by atoms with E-state index in [4.69, 9.17) is 5.73 Å². The lowest BCUT2D eigenvalue weighted by atomic mass is 10.2. The summed E-state index contributed by atoms with van der Waals surface area (Å²) in [7, 11) is 0. The van der Waals surface area contributed by atoms with E-state index in [0.717, 1.165) is 10.1 Å². The van der Waals surface area contributed by atoms with Gasteiger partial charge in [0.2, 0.25) is 0 Å². The van der Waals surface area contributed by atoms with Crippen molar-refractivity contribution < 1.29 is 9.18 Å². The number of hydrogen-bond donors (Lipinski definition) is 2. The zero-order valence-electron chi connectivity index (χ0n) is 10.4. The van der Waals surface area contributed by atoms with Crippen LogP contribution in [0.2, 0.25) is 0 Å². The van der Waals surface area contributed by atoms with Gasteiger partial charge in [0.1, 0.15) is 5.82 Å². The van der Waals surface area contributed by atoms with E-state index in [-0.39, 0.29) is 17.8 Å². The van der Waals surface area contributed by atoms with E-state index < -0.39 is 0 Å². The minimum atomic E-state index is -0.284. The molecule has 1 aliphatic rings. The fourth-order valence-corrected chi connectivity index (χ4v) is 3.07. The predicted molar refractivity (Wildman–Crippen MR) is 74.8 cm³/mol. The molecule has 1 aromatic carbocycles. The van der Waals surface area contributed by atoms with Crippen molar-refractivity contribution in [2.45, 2.75) is 18.9 Å². The Hall–Kier alpha value is -1.46. The van der Waals surface area contributed by atoms with Gasteiger partial charge in [-0.1, -0.05) is 0 Å². The normalized spacial score (nSPS) is 16.5. The van der Waals surface area contributed by atoms with E-state index in [1.54, 1.807) is 12.1 Å². The zero-order valence-corrected chi connectivity index (χ0v) is 11.2. The van der Waals surface area contributed by atoms with Gasteiger partial charge in [-0.2, -0.15) is 0 Å². The van der Waals surface area contributed by atoms with Gasteiger partial charge in [0.15, 0.2) is 0 Å². The second-order valence-electron chi connectivity index (χ2n) is 5.00. The van der Waals surface area contributed by atoms with Gasteiger partial charge >= 0.3 is 0 Å². The monoisotopic (exact) mass is 278 g/mol. The molecule has 100 valence electrons. The number of halogens is 1. The van der Waals surface area contributed by atoms with Crippen molar-refractivity contribution in [3.63, 3.8) is 0 Å². The van der Waals surface area contributed by atoms with E-state index >= 15 is 0 Å². The summed E-state index contributed by atoms with van der Waals surface area (Å²) >= 11 is 1.37. The second-order valence-corrected chi connectivity index (χ2v) is 6.09. The van der Waals surface area contributed by atoms with Crippen LogP contribution in [0.5, 0.6) is 0 Å². The van der Waals surface area contributed by atoms with Crippen LogP contribution in [0.3, 0.4) is 0 Å². The molecular formula is C14H15FN2OS. The topological polar surface area (TPSA) is 55.1 Å². The lowest BCUT2D eigenvalue weighted by Gasteiger charge is -2.10. The Morgan fingerprint density at radius 1 is 1.47 bits per heavy atom. The molecule has 0 radical (unpaired) electrons. The fraction of sp³-hybridized carbons (Fsp3) is 0.357. The average molecular weight is 278 g/mol. The number of carbonyl (C=O) groups is 1. The van der Waals surface area contributed by atoms with E-state index in [1.807, 2.05) is 0 Å². The summed E-state index contributed by atoms with van der Waals surface area (Å²) < 4.78 is 14.0. The molecule has 3 nitrogen and oxygen atoms in total. The van der Waals surface area contributed by atoms with E-state index in [2.05, 4.69) is 5.32 Å². The van der Waals surface area contributed by atoms with Crippen molar-refractivity contribution in [3.05, 3.63) is 35.0 Å². The maximum absolute atomic E-state index is 13.1. The predicted octanol–water partition coefficient (Wildman–Crippen LogP) is 2.51. The van der Waals surface area contributed by atoms with Crippen LogP contribution in [0.15, 0.2) is 24.3 Å². The molecule has 1 aliphatic carbocycles. The summed E-state index contributed by atoms with van der Waals surface area (Å²) in [6, 6.07) is 6.32. The number of benzene rings is 1. The summed E-state index contributed by atoms with van der Waals surface area (Å²) in [5.74, 6) is 0.155. The first-order chi connectivity index (χ1) is 9.13. The van der Waals surface area contributed by atoms with Crippen molar-refractivity contribution in [1.29, 1.82) is 0 Å². The number of carbonyl (C=O) groups excluding carboxylic acids is 1. The van der Waals surface area contributed by atoms with Crippen LogP contribution in [0.1, 0.15) is 22.5 Å². The highest BCUT2D eigenvalue weighted by molar-refractivity contribution is 7.20. The molecule has 0 aliphatic heterocycles. The molecule has 1 saturated carbocycles. The van der Waals surface area contributed by atoms with Crippen LogP contribution in [0.25, 0.3) is 10.1 Å². The van der Waals surface area contributed by atoms with Gasteiger partial charge in [-0.3, -0.25) is 4.79 Å². The van der Waals surface area contributed by atoms with Gasteiger partial charge < -0.3 is 11.1 Å². The summed E-state index contributed by atoms with van der Waals surface area (Å²) in [5.41, 5.74) is 5.94. The van der Waals surface area contributed by atoms with Crippen molar-refractivity contribution in [2.75, 3.05) is 6.54 Å². The first-order valence-electron chi connectivity index (χ1n) is 6.36. The average Bonchev–Trinajstić information content (AvgIpc) is 3.15. The number of nitrogens with one attached hydrogen (secondary N) is 1. The molecule has 19 heavy (non-hydrogen) atoms. The van der Waals surface area contributed by atoms with Gasteiger partial charge in [-0.15, -0.1) is 11.3 Å². The van der Waals surface area contributed by atoms with E-state index in [0.29, 0.717) is 17.3 Å². The number of thiophene rings is 1. The van der Waals surface area contributed by atoms with Crippen LogP contribution >= 0.6 is 11.3 Å². The minimum Gasteiger partial charge on any atom is -0.350 e. The number of rotatable bonds is 4. The molecule has 1 unspecified atom stereocenters. The molecule has 2 aromatic rings. The van der Waals surface area contributed by atoms with E-state index in [9.17, 15) is 9.18 Å². The first kappa shape index (κ1) is 12.6. The fourth-order valence-electron chi connectivity index (χ4n) is 2.11. The van der Waals surface area contributed by atoms with Crippen molar-refractivity contribution in [2.24, 2.45) is 11.7 Å². The highest BCUT2D eigenvalue weighted by Crippen LogP contribution is 2.31. The maximum atomic E-state index is 13.1. The third kappa shape index (κ3) is 2.77. The molecule has 1 heterocycles. The summed E-state index contributed by atoms with van der Waals surface area (Å²) in [6.07, 6.45) is 2.33. The van der Waals surface area contributed by atoms with Crippen LogP contribution < -0.4 is 11.1 Å². The third-order valence-corrected chi connectivity index (χ3v) is 4.54. The van der Waals surface area contributed by atoms with Gasteiger partial charge in [0, 0.05) is 17.3 Å². The number of hydrogen-bond acceptors (Lipinski definition) is 3. The Bertz CT molecular complexity index is 621. The Morgan fingerprint density at radius 3 is 3.00 bits per heavy atom. The molecule has 1 aromatic heterocycles. The molecule has 3 rings (SSSR count). The van der Waals surface area contributed by atoms with Crippen molar-refractivity contribution in [3.8, 4) is 0 Å². The van der Waals surface area contributed by atoms with E-state index in [1.165, 1.54) is 36.3 Å². The lowest BCUT2D eigenvalue weighted by Crippen LogP contribution is -2.38. The molecule has 0 bridgehead atoms. The van der Waals surface area contributed by atoms with Crippen molar-refractivity contribution in [1.82, 2.24) is 5.32 Å². The van der Waals surface area contributed by atoms with Crippen LogP contribution in [0, 0.1) is 11.7 Å². The highest BCUT2D eigenvalue weighted by atomic mass is 32.1. The van der Waals surface area contributed by atoms with Gasteiger partial charge in [0.05, 0.1) is 4.88 Å². The minimum absolute atomic E-state index is 0.0516. The summed E-state index contributed by atoms with van der Waals surface area (Å²) in [5, 5.41) is 3.61. The largest absolute Gasteiger partial charge is 0.350 e. The smallest absolute Gasteiger partial charge is 0.261 e. The third-order valence-electron chi connectivity index (χ3n) is 3.43. The molecular weight excluding hydrogens is 263 g/mol.